The van der Waals surface area contributed by atoms with E-state index in [9.17, 15) is 9.59 Å². The second-order valence-electron chi connectivity index (χ2n) is 5.65. The van der Waals surface area contributed by atoms with Crippen LogP contribution < -0.4 is 5.32 Å². The van der Waals surface area contributed by atoms with Gasteiger partial charge in [0.25, 0.3) is 5.91 Å². The minimum atomic E-state index is -0.957. The third kappa shape index (κ3) is 3.98. The van der Waals surface area contributed by atoms with Gasteiger partial charge in [0.15, 0.2) is 11.8 Å². The molecule has 2 aromatic carbocycles. The number of nitrogens with zero attached hydrogens (tertiary/aromatic N) is 2. The molecule has 0 aliphatic heterocycles. The first kappa shape index (κ1) is 16.6. The third-order valence-electron chi connectivity index (χ3n) is 3.60. The first-order chi connectivity index (χ1) is 12.0. The van der Waals surface area contributed by atoms with E-state index in [-0.39, 0.29) is 5.69 Å². The van der Waals surface area contributed by atoms with Gasteiger partial charge in [-0.25, -0.2) is 9.78 Å². The standard InChI is InChI=1S/C19H17N3O3/c1-12-6-5-7-14(10-12)21-18(23)13(2)25-19(24)17-11-20-15-8-3-4-9-16(15)22-17/h3-11,13H,1-2H3,(H,21,23). The number of anilines is 1. The third-order valence-corrected chi connectivity index (χ3v) is 3.60. The Hall–Kier alpha value is -3.28. The Kier molecular flexibility index (Phi) is 4.70. The number of hydrogen-bond acceptors (Lipinski definition) is 5. The van der Waals surface area contributed by atoms with E-state index in [4.69, 9.17) is 4.74 Å². The number of nitrogens with one attached hydrogen (secondary N) is 1. The smallest absolute Gasteiger partial charge is 0.359 e. The number of para-hydroxylation sites is 2. The zero-order valence-electron chi connectivity index (χ0n) is 13.9. The average molecular weight is 335 g/mol. The number of benzene rings is 2. The van der Waals surface area contributed by atoms with Crippen LogP contribution in [-0.2, 0) is 9.53 Å². The highest BCUT2D eigenvalue weighted by molar-refractivity contribution is 5.97. The fourth-order valence-corrected chi connectivity index (χ4v) is 2.30. The van der Waals surface area contributed by atoms with Gasteiger partial charge in [0.2, 0.25) is 0 Å². The fraction of sp³-hybridized carbons (Fsp3) is 0.158. The number of fused-ring (bicyclic) bond motifs is 1. The summed E-state index contributed by atoms with van der Waals surface area (Å²) in [5.41, 5.74) is 3.01. The molecule has 0 spiro atoms. The lowest BCUT2D eigenvalue weighted by Crippen LogP contribution is -2.30. The molecule has 1 N–H and O–H groups in total. The largest absolute Gasteiger partial charge is 0.448 e. The van der Waals surface area contributed by atoms with E-state index in [1.165, 1.54) is 13.1 Å². The summed E-state index contributed by atoms with van der Waals surface area (Å²) in [5.74, 6) is -1.10. The maximum atomic E-state index is 12.2. The second-order valence-corrected chi connectivity index (χ2v) is 5.65. The highest BCUT2D eigenvalue weighted by atomic mass is 16.5. The van der Waals surface area contributed by atoms with Gasteiger partial charge in [-0.05, 0) is 43.7 Å². The van der Waals surface area contributed by atoms with E-state index in [0.29, 0.717) is 16.7 Å². The Bertz CT molecular complexity index is 940. The summed E-state index contributed by atoms with van der Waals surface area (Å²) in [6.45, 7) is 3.44. The predicted octanol–water partition coefficient (Wildman–Crippen LogP) is 3.12. The van der Waals surface area contributed by atoms with Gasteiger partial charge in [-0.3, -0.25) is 9.78 Å². The van der Waals surface area contributed by atoms with Crippen LogP contribution in [0.25, 0.3) is 11.0 Å². The molecule has 6 heteroatoms. The summed E-state index contributed by atoms with van der Waals surface area (Å²) in [6, 6.07) is 14.6. The summed E-state index contributed by atoms with van der Waals surface area (Å²) >= 11 is 0. The molecule has 0 saturated heterocycles. The molecule has 0 aliphatic carbocycles. The van der Waals surface area contributed by atoms with Crippen LogP contribution in [0.5, 0.6) is 0 Å². The van der Waals surface area contributed by atoms with E-state index in [0.717, 1.165) is 5.56 Å². The van der Waals surface area contributed by atoms with Crippen LogP contribution in [0.2, 0.25) is 0 Å². The van der Waals surface area contributed by atoms with Gasteiger partial charge in [-0.2, -0.15) is 0 Å². The van der Waals surface area contributed by atoms with Crippen LogP contribution in [0.1, 0.15) is 23.0 Å². The number of hydrogen-bond donors (Lipinski definition) is 1. The molecular weight excluding hydrogens is 318 g/mol. The zero-order chi connectivity index (χ0) is 17.8. The molecule has 0 fully saturated rings. The zero-order valence-corrected chi connectivity index (χ0v) is 13.9. The Balaban J connectivity index is 1.67. The van der Waals surface area contributed by atoms with Gasteiger partial charge in [0, 0.05) is 5.69 Å². The maximum Gasteiger partial charge on any atom is 0.359 e. The lowest BCUT2D eigenvalue weighted by atomic mass is 10.2. The van der Waals surface area contributed by atoms with E-state index >= 15 is 0 Å². The minimum Gasteiger partial charge on any atom is -0.448 e. The molecule has 0 aliphatic rings. The molecule has 1 heterocycles. The van der Waals surface area contributed by atoms with Gasteiger partial charge in [-0.15, -0.1) is 0 Å². The van der Waals surface area contributed by atoms with Crippen molar-refractivity contribution in [2.24, 2.45) is 0 Å². The van der Waals surface area contributed by atoms with Crippen molar-refractivity contribution in [2.75, 3.05) is 5.32 Å². The number of aromatic nitrogens is 2. The van der Waals surface area contributed by atoms with Crippen LogP contribution in [0.15, 0.2) is 54.7 Å². The molecular formula is C19H17N3O3. The predicted molar refractivity (Wildman–Crippen MR) is 94.2 cm³/mol. The number of amides is 1. The van der Waals surface area contributed by atoms with Gasteiger partial charge in [-0.1, -0.05) is 24.3 Å². The molecule has 0 saturated carbocycles. The first-order valence-electron chi connectivity index (χ1n) is 7.83. The van der Waals surface area contributed by atoms with Crippen molar-refractivity contribution < 1.29 is 14.3 Å². The number of aryl methyl sites for hydroxylation is 1. The van der Waals surface area contributed by atoms with E-state index in [1.54, 1.807) is 18.2 Å². The van der Waals surface area contributed by atoms with E-state index in [1.807, 2.05) is 37.3 Å². The SMILES string of the molecule is Cc1cccc(NC(=O)C(C)OC(=O)c2cnc3ccccc3n2)c1. The first-order valence-corrected chi connectivity index (χ1v) is 7.83. The monoisotopic (exact) mass is 335 g/mol. The van der Waals surface area contributed by atoms with Crippen molar-refractivity contribution >= 4 is 28.6 Å². The quantitative estimate of drug-likeness (QED) is 0.741. The normalized spacial score (nSPS) is 11.8. The lowest BCUT2D eigenvalue weighted by Gasteiger charge is -2.13. The van der Waals surface area contributed by atoms with Gasteiger partial charge < -0.3 is 10.1 Å². The van der Waals surface area contributed by atoms with Gasteiger partial charge >= 0.3 is 5.97 Å². The lowest BCUT2D eigenvalue weighted by molar-refractivity contribution is -0.123. The summed E-state index contributed by atoms with van der Waals surface area (Å²) in [4.78, 5) is 32.8. The van der Waals surface area contributed by atoms with E-state index < -0.39 is 18.0 Å². The number of rotatable bonds is 4. The van der Waals surface area contributed by atoms with Crippen LogP contribution in [-0.4, -0.2) is 27.9 Å². The minimum absolute atomic E-state index is 0.0638. The number of carbonyl (C=O) groups excluding carboxylic acids is 2. The number of ether oxygens (including phenoxy) is 1. The van der Waals surface area contributed by atoms with Crippen molar-refractivity contribution in [1.29, 1.82) is 0 Å². The Labute approximate surface area is 144 Å². The van der Waals surface area contributed by atoms with Crippen molar-refractivity contribution in [3.05, 3.63) is 66.0 Å². The summed E-state index contributed by atoms with van der Waals surface area (Å²) in [5, 5.41) is 2.72. The van der Waals surface area contributed by atoms with Crippen LogP contribution in [0, 0.1) is 6.92 Å². The van der Waals surface area contributed by atoms with Crippen molar-refractivity contribution in [2.45, 2.75) is 20.0 Å². The summed E-state index contributed by atoms with van der Waals surface area (Å²) in [6.07, 6.45) is 0.386. The Morgan fingerprint density at radius 1 is 1.08 bits per heavy atom. The van der Waals surface area contributed by atoms with Crippen LogP contribution in [0.3, 0.4) is 0 Å². The molecule has 0 bridgehead atoms. The topological polar surface area (TPSA) is 81.2 Å². The molecule has 3 aromatic rings. The Morgan fingerprint density at radius 3 is 2.60 bits per heavy atom. The van der Waals surface area contributed by atoms with E-state index in [2.05, 4.69) is 15.3 Å². The Morgan fingerprint density at radius 2 is 1.84 bits per heavy atom. The summed E-state index contributed by atoms with van der Waals surface area (Å²) in [7, 11) is 0. The number of carbonyl (C=O) groups is 2. The molecule has 1 atom stereocenters. The molecule has 1 amide bonds. The molecule has 6 nitrogen and oxygen atoms in total. The molecule has 126 valence electrons. The number of esters is 1. The molecule has 1 unspecified atom stereocenters. The van der Waals surface area contributed by atoms with Crippen molar-refractivity contribution in [1.82, 2.24) is 9.97 Å². The van der Waals surface area contributed by atoms with Crippen molar-refractivity contribution in [3.63, 3.8) is 0 Å². The molecule has 3 rings (SSSR count). The average Bonchev–Trinajstić information content (AvgIpc) is 2.61. The highest BCUT2D eigenvalue weighted by Gasteiger charge is 2.20. The molecule has 25 heavy (non-hydrogen) atoms. The van der Waals surface area contributed by atoms with Gasteiger partial charge in [0.1, 0.15) is 0 Å². The second kappa shape index (κ2) is 7.09. The van der Waals surface area contributed by atoms with Crippen LogP contribution in [0.4, 0.5) is 5.69 Å². The maximum absolute atomic E-state index is 12.2. The van der Waals surface area contributed by atoms with Crippen molar-refractivity contribution in [3.8, 4) is 0 Å². The van der Waals surface area contributed by atoms with Crippen LogP contribution >= 0.6 is 0 Å². The van der Waals surface area contributed by atoms with Gasteiger partial charge in [0.05, 0.1) is 17.2 Å². The fourth-order valence-electron chi connectivity index (χ4n) is 2.30. The molecule has 0 radical (unpaired) electrons. The summed E-state index contributed by atoms with van der Waals surface area (Å²) < 4.78 is 5.20. The molecule has 1 aromatic heterocycles. The highest BCUT2D eigenvalue weighted by Crippen LogP contribution is 2.12.